The van der Waals surface area contributed by atoms with E-state index in [0.29, 0.717) is 10.4 Å². The van der Waals surface area contributed by atoms with Gasteiger partial charge in [-0.25, -0.2) is 0 Å². The quantitative estimate of drug-likeness (QED) is 0.227. The van der Waals surface area contributed by atoms with Crippen molar-refractivity contribution in [3.05, 3.63) is 71.0 Å². The summed E-state index contributed by atoms with van der Waals surface area (Å²) >= 11 is 2.78. The standard InChI is InChI=1S/C26H21N3O3Se/c1-26(2)18-10-7-9-16-15-8-5-6-11-20(15)29(21(16)18)24-19(26)13-14(32-24)12-17-22(30)27(3)25(33)28(4)23(17)31/h5-13H,1-4H3. The first-order valence-electron chi connectivity index (χ1n) is 10.7. The van der Waals surface area contributed by atoms with Crippen LogP contribution in [0.2, 0.25) is 0 Å². The molecule has 2 amide bonds. The molecule has 0 atom stereocenters. The van der Waals surface area contributed by atoms with Gasteiger partial charge in [-0.1, -0.05) is 6.07 Å². The Morgan fingerprint density at radius 3 is 2.30 bits per heavy atom. The van der Waals surface area contributed by atoms with Gasteiger partial charge in [0, 0.05) is 0 Å². The normalized spacial score (nSPS) is 17.3. The molecule has 0 bridgehead atoms. The number of para-hydroxylation sites is 2. The molecule has 33 heavy (non-hydrogen) atoms. The van der Waals surface area contributed by atoms with E-state index in [1.54, 1.807) is 20.2 Å². The Bertz CT molecular complexity index is 1560. The average Bonchev–Trinajstić information content (AvgIpc) is 3.38. The molecule has 6 rings (SSSR count). The maximum absolute atomic E-state index is 12.9. The van der Waals surface area contributed by atoms with E-state index in [9.17, 15) is 9.59 Å². The summed E-state index contributed by atoms with van der Waals surface area (Å²) in [7, 11) is 3.28. The van der Waals surface area contributed by atoms with Crippen molar-refractivity contribution in [2.24, 2.45) is 0 Å². The molecule has 2 aromatic carbocycles. The first-order chi connectivity index (χ1) is 15.7. The van der Waals surface area contributed by atoms with Gasteiger partial charge in [-0.05, 0) is 0 Å². The number of aromatic nitrogens is 1. The second-order valence-electron chi connectivity index (χ2n) is 9.12. The number of furan rings is 1. The summed E-state index contributed by atoms with van der Waals surface area (Å²) in [5.41, 5.74) is 4.19. The van der Waals surface area contributed by atoms with Crippen molar-refractivity contribution < 1.29 is 14.0 Å². The number of amides is 2. The first-order valence-corrected chi connectivity index (χ1v) is 11.6. The van der Waals surface area contributed by atoms with Gasteiger partial charge in [-0.2, -0.15) is 0 Å². The summed E-state index contributed by atoms with van der Waals surface area (Å²) in [4.78, 5) is 28.6. The van der Waals surface area contributed by atoms with Crippen LogP contribution in [0, 0.1) is 0 Å². The van der Waals surface area contributed by atoms with Crippen LogP contribution in [-0.2, 0) is 15.0 Å². The van der Waals surface area contributed by atoms with E-state index in [-0.39, 0.29) is 22.8 Å². The van der Waals surface area contributed by atoms with E-state index < -0.39 is 0 Å². The minimum absolute atomic E-state index is 0.0722. The summed E-state index contributed by atoms with van der Waals surface area (Å²) in [6.07, 6.45) is 1.56. The van der Waals surface area contributed by atoms with Crippen molar-refractivity contribution in [2.75, 3.05) is 14.1 Å². The van der Waals surface area contributed by atoms with Crippen molar-refractivity contribution in [2.45, 2.75) is 19.3 Å². The maximum atomic E-state index is 12.9. The molecule has 2 aliphatic rings. The van der Waals surface area contributed by atoms with Gasteiger partial charge in [0.1, 0.15) is 0 Å². The fourth-order valence-electron chi connectivity index (χ4n) is 5.08. The molecule has 0 saturated carbocycles. The van der Waals surface area contributed by atoms with E-state index in [1.165, 1.54) is 20.7 Å². The van der Waals surface area contributed by atoms with E-state index in [0.717, 1.165) is 27.9 Å². The molecule has 164 valence electrons. The third-order valence-electron chi connectivity index (χ3n) is 6.91. The monoisotopic (exact) mass is 503 g/mol. The Balaban J connectivity index is 1.62. The fourth-order valence-corrected chi connectivity index (χ4v) is 5.43. The number of nitrogens with zero attached hydrogens (tertiary/aromatic N) is 3. The van der Waals surface area contributed by atoms with Gasteiger partial charge in [-0.15, -0.1) is 0 Å². The average molecular weight is 502 g/mol. The van der Waals surface area contributed by atoms with Crippen LogP contribution in [0.25, 0.3) is 33.8 Å². The summed E-state index contributed by atoms with van der Waals surface area (Å²) < 4.78 is 9.02. The zero-order valence-corrected chi connectivity index (χ0v) is 20.4. The molecule has 0 unspecified atom stereocenters. The van der Waals surface area contributed by atoms with Crippen LogP contribution in [0.15, 0.2) is 58.5 Å². The van der Waals surface area contributed by atoms with Gasteiger partial charge >= 0.3 is 192 Å². The van der Waals surface area contributed by atoms with Crippen LogP contribution >= 0.6 is 0 Å². The topological polar surface area (TPSA) is 58.7 Å². The van der Waals surface area contributed by atoms with Crippen LogP contribution in [0.4, 0.5) is 0 Å². The van der Waals surface area contributed by atoms with Crippen LogP contribution in [-0.4, -0.2) is 60.5 Å². The molecule has 1 fully saturated rings. The molecular formula is C26H21N3O3Se. The van der Waals surface area contributed by atoms with Gasteiger partial charge in [0.05, 0.1) is 0 Å². The molecule has 0 spiro atoms. The third kappa shape index (κ3) is 2.52. The van der Waals surface area contributed by atoms with Crippen LogP contribution in [0.1, 0.15) is 30.7 Å². The summed E-state index contributed by atoms with van der Waals surface area (Å²) in [5, 5.41) is 2.35. The Morgan fingerprint density at radius 2 is 1.58 bits per heavy atom. The van der Waals surface area contributed by atoms with Gasteiger partial charge in [0.25, 0.3) is 0 Å². The SMILES string of the molecule is CN1C(=O)C(=Cc2cc3c(o2)-n2c4ccccc4c4cccc(c42)C3(C)C)C(=O)N(C)C1=[Se]. The Morgan fingerprint density at radius 1 is 0.909 bits per heavy atom. The van der Waals surface area contributed by atoms with E-state index in [4.69, 9.17) is 4.42 Å². The Kier molecular flexibility index (Phi) is 4.02. The molecular weight excluding hydrogens is 481 g/mol. The van der Waals surface area contributed by atoms with Crippen molar-refractivity contribution >= 4 is 59.9 Å². The van der Waals surface area contributed by atoms with Crippen molar-refractivity contribution in [3.63, 3.8) is 0 Å². The van der Waals surface area contributed by atoms with Gasteiger partial charge in [0.2, 0.25) is 0 Å². The predicted octanol–water partition coefficient (Wildman–Crippen LogP) is 3.59. The third-order valence-corrected chi connectivity index (χ3v) is 8.06. The number of carbonyl (C=O) groups is 2. The number of rotatable bonds is 1. The number of fused-ring (bicyclic) bond motifs is 5. The van der Waals surface area contributed by atoms with Crippen molar-refractivity contribution in [1.29, 1.82) is 0 Å². The number of hydrogen-bond acceptors (Lipinski definition) is 3. The Hall–Kier alpha value is -3.41. The number of hydrogen-bond donors (Lipinski definition) is 0. The van der Waals surface area contributed by atoms with E-state index in [1.807, 2.05) is 18.2 Å². The number of carbonyl (C=O) groups excluding carboxylic acids is 2. The molecule has 0 radical (unpaired) electrons. The molecule has 4 aromatic rings. The number of benzene rings is 2. The molecule has 2 aromatic heterocycles. The fraction of sp³-hybridized carbons (Fsp3) is 0.192. The molecule has 7 heteroatoms. The molecule has 1 saturated heterocycles. The first kappa shape index (κ1) is 20.2. The molecule has 0 N–H and O–H groups in total. The zero-order valence-electron chi connectivity index (χ0n) is 18.7. The van der Waals surface area contributed by atoms with Crippen LogP contribution in [0.3, 0.4) is 0 Å². The second kappa shape index (κ2) is 6.56. The van der Waals surface area contributed by atoms with Crippen LogP contribution in [0.5, 0.6) is 0 Å². The summed E-state index contributed by atoms with van der Waals surface area (Å²) in [5.74, 6) is 0.481. The Labute approximate surface area is 198 Å². The zero-order chi connectivity index (χ0) is 23.2. The predicted molar refractivity (Wildman–Crippen MR) is 129 cm³/mol. The van der Waals surface area contributed by atoms with Gasteiger partial charge < -0.3 is 0 Å². The van der Waals surface area contributed by atoms with E-state index >= 15 is 0 Å². The van der Waals surface area contributed by atoms with E-state index in [2.05, 4.69) is 64.3 Å². The summed E-state index contributed by atoms with van der Waals surface area (Å²) in [6, 6.07) is 16.7. The number of likely N-dealkylation sites (N-methyl/N-ethyl adjacent to an activating group) is 2. The summed E-state index contributed by atoms with van der Waals surface area (Å²) in [6.45, 7) is 4.36. The molecule has 4 heterocycles. The van der Waals surface area contributed by atoms with Crippen LogP contribution < -0.4 is 0 Å². The van der Waals surface area contributed by atoms with Gasteiger partial charge in [0.15, 0.2) is 0 Å². The minimum atomic E-state index is -0.363. The molecule has 0 aliphatic carbocycles. The van der Waals surface area contributed by atoms with Gasteiger partial charge in [-0.3, -0.25) is 0 Å². The van der Waals surface area contributed by atoms with Crippen molar-refractivity contribution in [1.82, 2.24) is 14.4 Å². The molecule has 6 nitrogen and oxygen atoms in total. The second-order valence-corrected chi connectivity index (χ2v) is 9.88. The molecule has 2 aliphatic heterocycles. The van der Waals surface area contributed by atoms with Crippen molar-refractivity contribution in [3.8, 4) is 5.88 Å².